The van der Waals surface area contributed by atoms with Gasteiger partial charge < -0.3 is 9.64 Å². The summed E-state index contributed by atoms with van der Waals surface area (Å²) in [4.78, 5) is 14.8. The number of aryl methyl sites for hydroxylation is 1. The number of nitrogens with zero attached hydrogens (tertiary/aromatic N) is 2. The van der Waals surface area contributed by atoms with Crippen molar-refractivity contribution in [2.75, 3.05) is 19.7 Å². The van der Waals surface area contributed by atoms with Crippen LogP contribution >= 0.6 is 11.6 Å². The summed E-state index contributed by atoms with van der Waals surface area (Å²) in [5.74, 6) is 0.280. The molecule has 3 aliphatic rings. The van der Waals surface area contributed by atoms with E-state index in [4.69, 9.17) is 16.3 Å². The first-order valence-corrected chi connectivity index (χ1v) is 12.5. The molecule has 3 atom stereocenters. The highest BCUT2D eigenvalue weighted by Gasteiger charge is 2.45. The molecule has 2 heterocycles. The Morgan fingerprint density at radius 2 is 1.79 bits per heavy atom. The van der Waals surface area contributed by atoms with Crippen LogP contribution in [0.1, 0.15) is 44.6 Å². The first kappa shape index (κ1) is 20.9. The summed E-state index contributed by atoms with van der Waals surface area (Å²) in [6, 6.07) is 7.32. The van der Waals surface area contributed by atoms with E-state index < -0.39 is 10.0 Å². The van der Waals surface area contributed by atoms with Crippen LogP contribution in [0.4, 0.5) is 4.79 Å². The van der Waals surface area contributed by atoms with Crippen molar-refractivity contribution in [1.29, 1.82) is 0 Å². The summed E-state index contributed by atoms with van der Waals surface area (Å²) < 4.78 is 33.0. The van der Waals surface area contributed by atoms with Gasteiger partial charge in [-0.15, -0.1) is 11.6 Å². The molecule has 2 saturated heterocycles. The van der Waals surface area contributed by atoms with Gasteiger partial charge in [0.15, 0.2) is 0 Å². The van der Waals surface area contributed by atoms with E-state index in [0.717, 1.165) is 31.2 Å². The Morgan fingerprint density at radius 3 is 2.45 bits per heavy atom. The van der Waals surface area contributed by atoms with Crippen molar-refractivity contribution >= 4 is 27.7 Å². The molecule has 8 heteroatoms. The van der Waals surface area contributed by atoms with Gasteiger partial charge in [0.2, 0.25) is 10.0 Å². The highest BCUT2D eigenvalue weighted by molar-refractivity contribution is 7.89. The van der Waals surface area contributed by atoms with Crippen LogP contribution in [0.15, 0.2) is 29.2 Å². The molecule has 0 spiro atoms. The zero-order valence-electron chi connectivity index (χ0n) is 16.8. The number of fused-ring (bicyclic) bond motifs is 1. The van der Waals surface area contributed by atoms with Gasteiger partial charge in [-0.05, 0) is 56.2 Å². The third kappa shape index (κ3) is 4.14. The zero-order valence-corrected chi connectivity index (χ0v) is 18.4. The smallest absolute Gasteiger partial charge is 0.410 e. The van der Waals surface area contributed by atoms with E-state index in [2.05, 4.69) is 0 Å². The van der Waals surface area contributed by atoms with Gasteiger partial charge in [-0.1, -0.05) is 19.1 Å². The van der Waals surface area contributed by atoms with Crippen LogP contribution in [0.2, 0.25) is 0 Å². The molecule has 1 aromatic carbocycles. The van der Waals surface area contributed by atoms with Crippen molar-refractivity contribution in [2.45, 2.75) is 67.8 Å². The molecular weight excluding hydrogens is 412 g/mol. The van der Waals surface area contributed by atoms with Crippen LogP contribution < -0.4 is 0 Å². The summed E-state index contributed by atoms with van der Waals surface area (Å²) in [6.45, 7) is 3.33. The molecule has 1 amide bonds. The van der Waals surface area contributed by atoms with E-state index in [9.17, 15) is 13.2 Å². The topological polar surface area (TPSA) is 66.9 Å². The minimum absolute atomic E-state index is 0.0242. The molecule has 4 rings (SSSR count). The Labute approximate surface area is 178 Å². The number of carbonyl (C=O) groups is 1. The lowest BCUT2D eigenvalue weighted by Gasteiger charge is -2.49. The molecule has 3 fully saturated rings. The van der Waals surface area contributed by atoms with Crippen molar-refractivity contribution in [2.24, 2.45) is 5.92 Å². The fourth-order valence-corrected chi connectivity index (χ4v) is 6.78. The van der Waals surface area contributed by atoms with Crippen LogP contribution in [-0.2, 0) is 21.2 Å². The molecule has 0 bridgehead atoms. The maximum absolute atomic E-state index is 13.0. The van der Waals surface area contributed by atoms with Gasteiger partial charge in [-0.3, -0.25) is 0 Å². The number of halogens is 1. The normalized spacial score (nSPS) is 29.4. The van der Waals surface area contributed by atoms with Gasteiger partial charge in [-0.25, -0.2) is 13.2 Å². The first-order valence-electron chi connectivity index (χ1n) is 10.6. The Bertz CT molecular complexity index is 837. The fraction of sp³-hybridized carbons (Fsp3) is 0.667. The standard InChI is InChI=1S/C21H29ClN2O4S/c1-2-15-3-6-19(7-4-15)29(26,27)23-11-9-18(10-12-23)24-20-8-5-17(22)13-16(20)14-28-21(24)25/h3-4,6-7,16-18,20H,2,5,8-14H2,1H3/t16?,17-,20?/m1/s1. The average molecular weight is 441 g/mol. The van der Waals surface area contributed by atoms with Crippen LogP contribution in [-0.4, -0.2) is 60.9 Å². The molecular formula is C21H29ClN2O4S. The predicted molar refractivity (Wildman–Crippen MR) is 112 cm³/mol. The molecule has 1 aliphatic carbocycles. The largest absolute Gasteiger partial charge is 0.449 e. The summed E-state index contributed by atoms with van der Waals surface area (Å²) in [6.07, 6.45) is 4.57. The Kier molecular flexibility index (Phi) is 6.09. The Balaban J connectivity index is 1.43. The number of piperidine rings is 1. The van der Waals surface area contributed by atoms with Gasteiger partial charge in [0.1, 0.15) is 0 Å². The van der Waals surface area contributed by atoms with E-state index >= 15 is 0 Å². The first-order chi connectivity index (χ1) is 13.9. The molecule has 6 nitrogen and oxygen atoms in total. The van der Waals surface area contributed by atoms with Crippen LogP contribution in [0.5, 0.6) is 0 Å². The van der Waals surface area contributed by atoms with Crippen molar-refractivity contribution < 1.29 is 17.9 Å². The van der Waals surface area contributed by atoms with Crippen LogP contribution in [0.3, 0.4) is 0 Å². The minimum Gasteiger partial charge on any atom is -0.449 e. The number of benzene rings is 1. The summed E-state index contributed by atoms with van der Waals surface area (Å²) >= 11 is 6.32. The molecule has 0 aromatic heterocycles. The maximum atomic E-state index is 13.0. The summed E-state index contributed by atoms with van der Waals surface area (Å²) in [5, 5.41) is 0.154. The molecule has 160 valence electrons. The highest BCUT2D eigenvalue weighted by Crippen LogP contribution is 2.37. The molecule has 2 unspecified atom stereocenters. The van der Waals surface area contributed by atoms with E-state index in [1.807, 2.05) is 24.0 Å². The quantitative estimate of drug-likeness (QED) is 0.670. The van der Waals surface area contributed by atoms with E-state index in [-0.39, 0.29) is 29.5 Å². The average Bonchev–Trinajstić information content (AvgIpc) is 2.74. The fourth-order valence-electron chi connectivity index (χ4n) is 4.95. The van der Waals surface area contributed by atoms with Crippen LogP contribution in [0.25, 0.3) is 0 Å². The second kappa shape index (κ2) is 8.44. The summed E-state index contributed by atoms with van der Waals surface area (Å²) in [5.41, 5.74) is 1.12. The predicted octanol–water partition coefficient (Wildman–Crippen LogP) is 3.63. The van der Waals surface area contributed by atoms with Gasteiger partial charge >= 0.3 is 6.09 Å². The van der Waals surface area contributed by atoms with Gasteiger partial charge in [-0.2, -0.15) is 4.31 Å². The van der Waals surface area contributed by atoms with Crippen molar-refractivity contribution in [3.8, 4) is 0 Å². The molecule has 1 aromatic rings. The molecule has 1 saturated carbocycles. The number of sulfonamides is 1. The summed E-state index contributed by atoms with van der Waals surface area (Å²) in [7, 11) is -3.50. The molecule has 0 radical (unpaired) electrons. The van der Waals surface area contributed by atoms with E-state index in [1.165, 1.54) is 0 Å². The maximum Gasteiger partial charge on any atom is 0.410 e. The zero-order chi connectivity index (χ0) is 20.6. The Hall–Kier alpha value is -1.31. The Morgan fingerprint density at radius 1 is 1.10 bits per heavy atom. The number of ether oxygens (including phenoxy) is 1. The second-order valence-electron chi connectivity index (χ2n) is 8.35. The number of rotatable bonds is 4. The van der Waals surface area contributed by atoms with E-state index in [1.54, 1.807) is 16.4 Å². The lowest BCUT2D eigenvalue weighted by atomic mass is 9.82. The SMILES string of the molecule is CCc1ccc(S(=O)(=O)N2CCC(N3C(=O)OCC4C[C@H](Cl)CCC43)CC2)cc1. The highest BCUT2D eigenvalue weighted by atomic mass is 35.5. The van der Waals surface area contributed by atoms with Crippen LogP contribution in [0, 0.1) is 5.92 Å². The number of cyclic esters (lactones) is 1. The van der Waals surface area contributed by atoms with Crippen molar-refractivity contribution in [1.82, 2.24) is 9.21 Å². The third-order valence-corrected chi connectivity index (χ3v) is 8.96. The number of hydrogen-bond acceptors (Lipinski definition) is 4. The minimum atomic E-state index is -3.50. The van der Waals surface area contributed by atoms with E-state index in [0.29, 0.717) is 37.4 Å². The monoisotopic (exact) mass is 440 g/mol. The van der Waals surface area contributed by atoms with Gasteiger partial charge in [0, 0.05) is 36.5 Å². The number of amides is 1. The van der Waals surface area contributed by atoms with Crippen molar-refractivity contribution in [3.05, 3.63) is 29.8 Å². The lowest BCUT2D eigenvalue weighted by molar-refractivity contribution is -0.0331. The number of hydrogen-bond donors (Lipinski definition) is 0. The number of carbonyl (C=O) groups excluding carboxylic acids is 1. The van der Waals surface area contributed by atoms with Gasteiger partial charge in [0.25, 0.3) is 0 Å². The van der Waals surface area contributed by atoms with Gasteiger partial charge in [0.05, 0.1) is 11.5 Å². The molecule has 0 N–H and O–H groups in total. The molecule has 2 aliphatic heterocycles. The molecule has 29 heavy (non-hydrogen) atoms. The van der Waals surface area contributed by atoms with Crippen molar-refractivity contribution in [3.63, 3.8) is 0 Å². The third-order valence-electron chi connectivity index (χ3n) is 6.65. The lowest BCUT2D eigenvalue weighted by Crippen LogP contribution is -2.59. The number of alkyl halides is 1. The second-order valence-corrected chi connectivity index (χ2v) is 10.9.